The zero-order valence-corrected chi connectivity index (χ0v) is 25.8. The van der Waals surface area contributed by atoms with Crippen LogP contribution in [0.2, 0.25) is 18.6 Å². The molecule has 5 atom stereocenters. The third kappa shape index (κ3) is 4.86. The fourth-order valence-electron chi connectivity index (χ4n) is 6.97. The van der Waals surface area contributed by atoms with Crippen molar-refractivity contribution in [2.45, 2.75) is 69.1 Å². The molecule has 2 aromatic carbocycles. The summed E-state index contributed by atoms with van der Waals surface area (Å²) in [5.74, 6) is -1.31. The van der Waals surface area contributed by atoms with Crippen LogP contribution in [0.1, 0.15) is 37.3 Å². The van der Waals surface area contributed by atoms with Gasteiger partial charge in [-0.2, -0.15) is 0 Å². The van der Waals surface area contributed by atoms with Gasteiger partial charge < -0.3 is 23.8 Å². The molecule has 2 saturated heterocycles. The number of rotatable bonds is 7. The van der Waals surface area contributed by atoms with Gasteiger partial charge in [-0.25, -0.2) is 0 Å². The SMILES string of the molecule is C[C@H]1[C@H]([Si](C)(C)F)[C@@H](CC(=O)N2CCC[C@H]2CO)O[C@]12C(=O)N(Cc1cccc(I)c1)c1ccc([N+](=O)[O-])cc12. The standard InChI is InChI=1S/C28H33FIN3O6Si/c1-17-26(40(2,3)29)24(14-25(35)31-11-5-8-21(31)16-34)39-28(17)22-13-20(33(37)38)9-10-23(22)32(27(28)36)15-18-6-4-7-19(30)12-18/h4,6-7,9-10,12-13,17,21,24,26,34H,5,8,11,14-16H2,1-3H3/t17-,21-,24+,26-,28+/m0/s1. The number of carbonyl (C=O) groups excluding carboxylic acids is 2. The summed E-state index contributed by atoms with van der Waals surface area (Å²) in [6, 6.07) is 11.7. The first-order valence-corrected chi connectivity index (χ1v) is 17.5. The van der Waals surface area contributed by atoms with Crippen LogP contribution in [-0.2, 0) is 26.5 Å². The van der Waals surface area contributed by atoms with Crippen LogP contribution in [0, 0.1) is 19.6 Å². The third-order valence-electron chi connectivity index (χ3n) is 8.67. The summed E-state index contributed by atoms with van der Waals surface area (Å²) in [5.41, 5.74) is -0.840. The highest BCUT2D eigenvalue weighted by atomic mass is 127. The van der Waals surface area contributed by atoms with Gasteiger partial charge in [0.2, 0.25) is 14.3 Å². The zero-order valence-electron chi connectivity index (χ0n) is 22.7. The highest BCUT2D eigenvalue weighted by Gasteiger charge is 2.67. The van der Waals surface area contributed by atoms with E-state index in [9.17, 15) is 24.8 Å². The second kappa shape index (κ2) is 10.8. The van der Waals surface area contributed by atoms with E-state index >= 15 is 4.11 Å². The lowest BCUT2D eigenvalue weighted by Crippen LogP contribution is -2.45. The summed E-state index contributed by atoms with van der Waals surface area (Å²) in [4.78, 5) is 42.3. The maximum absolute atomic E-state index is 16.1. The van der Waals surface area contributed by atoms with Crippen LogP contribution in [0.15, 0.2) is 42.5 Å². The topological polar surface area (TPSA) is 113 Å². The van der Waals surface area contributed by atoms with Crippen molar-refractivity contribution >= 4 is 54.2 Å². The summed E-state index contributed by atoms with van der Waals surface area (Å²) in [7, 11) is -3.52. The Hall–Kier alpha value is -2.42. The summed E-state index contributed by atoms with van der Waals surface area (Å²) < 4.78 is 23.7. The Balaban J connectivity index is 1.58. The van der Waals surface area contributed by atoms with Crippen LogP contribution in [0.5, 0.6) is 0 Å². The van der Waals surface area contributed by atoms with Crippen molar-refractivity contribution < 1.29 is 28.5 Å². The molecule has 3 aliphatic heterocycles. The Labute approximate surface area is 247 Å². The van der Waals surface area contributed by atoms with E-state index in [4.69, 9.17) is 4.74 Å². The molecule has 12 heteroatoms. The van der Waals surface area contributed by atoms with Crippen LogP contribution in [0.25, 0.3) is 0 Å². The number of likely N-dealkylation sites (tertiary alicyclic amines) is 1. The number of halogens is 2. The Morgan fingerprint density at radius 2 is 2.05 bits per heavy atom. The van der Waals surface area contributed by atoms with E-state index < -0.39 is 42.4 Å². The molecular formula is C28H33FIN3O6Si. The number of hydrogen-bond acceptors (Lipinski definition) is 6. The second-order valence-corrected chi connectivity index (χ2v) is 16.6. The molecular weight excluding hydrogens is 648 g/mol. The number of hydrogen-bond donors (Lipinski definition) is 1. The molecule has 40 heavy (non-hydrogen) atoms. The average molecular weight is 682 g/mol. The number of nitro groups is 1. The normalized spacial score (nSPS) is 28.0. The Morgan fingerprint density at radius 1 is 1.30 bits per heavy atom. The van der Waals surface area contributed by atoms with E-state index in [2.05, 4.69) is 22.6 Å². The Morgan fingerprint density at radius 3 is 2.70 bits per heavy atom. The van der Waals surface area contributed by atoms with Gasteiger partial charge >= 0.3 is 0 Å². The molecule has 1 spiro atoms. The third-order valence-corrected chi connectivity index (χ3v) is 11.8. The van der Waals surface area contributed by atoms with Gasteiger partial charge in [-0.05, 0) is 72.3 Å². The summed E-state index contributed by atoms with van der Waals surface area (Å²) in [5, 5.41) is 21.5. The molecule has 5 rings (SSSR count). The van der Waals surface area contributed by atoms with Crippen molar-refractivity contribution in [2.24, 2.45) is 5.92 Å². The van der Waals surface area contributed by atoms with E-state index in [0.717, 1.165) is 15.6 Å². The van der Waals surface area contributed by atoms with Gasteiger partial charge in [-0.15, -0.1) is 0 Å². The summed E-state index contributed by atoms with van der Waals surface area (Å²) in [6.07, 6.45) is 0.465. The van der Waals surface area contributed by atoms with Crippen LogP contribution in [-0.4, -0.2) is 60.4 Å². The number of aliphatic hydroxyl groups is 1. The van der Waals surface area contributed by atoms with Crippen LogP contribution >= 0.6 is 22.6 Å². The minimum absolute atomic E-state index is 0.123. The lowest BCUT2D eigenvalue weighted by Gasteiger charge is -2.31. The van der Waals surface area contributed by atoms with E-state index in [-0.39, 0.29) is 37.2 Å². The fraction of sp³-hybridized carbons (Fsp3) is 0.500. The van der Waals surface area contributed by atoms with E-state index in [1.807, 2.05) is 24.3 Å². The Kier molecular flexibility index (Phi) is 7.83. The smallest absolute Gasteiger partial charge is 0.269 e. The van der Waals surface area contributed by atoms with Crippen molar-refractivity contribution in [3.8, 4) is 0 Å². The first-order valence-electron chi connectivity index (χ1n) is 13.5. The molecule has 2 aromatic rings. The number of amides is 2. The van der Waals surface area contributed by atoms with Gasteiger partial charge in [-0.1, -0.05) is 19.1 Å². The van der Waals surface area contributed by atoms with Crippen molar-refractivity contribution in [3.63, 3.8) is 0 Å². The minimum Gasteiger partial charge on any atom is -0.394 e. The predicted molar refractivity (Wildman–Crippen MR) is 158 cm³/mol. The van der Waals surface area contributed by atoms with Gasteiger partial charge in [0.25, 0.3) is 11.6 Å². The molecule has 214 valence electrons. The predicted octanol–water partition coefficient (Wildman–Crippen LogP) is 4.89. The van der Waals surface area contributed by atoms with Crippen molar-refractivity contribution in [1.29, 1.82) is 0 Å². The van der Waals surface area contributed by atoms with E-state index in [1.165, 1.54) is 12.1 Å². The van der Waals surface area contributed by atoms with Gasteiger partial charge in [0.15, 0.2) is 5.60 Å². The second-order valence-electron chi connectivity index (χ2n) is 11.5. The van der Waals surface area contributed by atoms with E-state index in [0.29, 0.717) is 24.2 Å². The molecule has 9 nitrogen and oxygen atoms in total. The molecule has 0 radical (unpaired) electrons. The quantitative estimate of drug-likeness (QED) is 0.146. The number of ether oxygens (including phenoxy) is 1. The Bertz CT molecular complexity index is 1360. The summed E-state index contributed by atoms with van der Waals surface area (Å²) in [6.45, 7) is 5.46. The maximum Gasteiger partial charge on any atom is 0.269 e. The van der Waals surface area contributed by atoms with Gasteiger partial charge in [-0.3, -0.25) is 19.7 Å². The average Bonchev–Trinajstić information content (AvgIpc) is 3.54. The first-order chi connectivity index (χ1) is 18.9. The molecule has 3 aliphatic rings. The molecule has 0 aromatic heterocycles. The van der Waals surface area contributed by atoms with Crippen LogP contribution < -0.4 is 4.90 Å². The molecule has 0 saturated carbocycles. The number of aliphatic hydroxyl groups excluding tert-OH is 1. The van der Waals surface area contributed by atoms with Gasteiger partial charge in [0.05, 0.1) is 42.3 Å². The number of nitrogens with zero attached hydrogens (tertiary/aromatic N) is 3. The van der Waals surface area contributed by atoms with Gasteiger partial charge in [0, 0.05) is 39.3 Å². The highest BCUT2D eigenvalue weighted by molar-refractivity contribution is 14.1. The number of fused-ring (bicyclic) bond motifs is 2. The maximum atomic E-state index is 16.1. The van der Waals surface area contributed by atoms with Crippen molar-refractivity contribution in [2.75, 3.05) is 18.1 Å². The lowest BCUT2D eigenvalue weighted by molar-refractivity contribution is -0.385. The lowest BCUT2D eigenvalue weighted by atomic mass is 9.82. The molecule has 0 bridgehead atoms. The number of non-ortho nitro benzene ring substituents is 1. The highest BCUT2D eigenvalue weighted by Crippen LogP contribution is 2.60. The number of carbonyl (C=O) groups is 2. The molecule has 0 aliphatic carbocycles. The molecule has 2 amide bonds. The molecule has 2 fully saturated rings. The van der Waals surface area contributed by atoms with Gasteiger partial charge in [0.1, 0.15) is 0 Å². The molecule has 3 heterocycles. The molecule has 1 N–H and O–H groups in total. The number of nitro benzene ring substituents is 1. The monoisotopic (exact) mass is 681 g/mol. The van der Waals surface area contributed by atoms with E-state index in [1.54, 1.807) is 35.9 Å². The largest absolute Gasteiger partial charge is 0.394 e. The number of benzene rings is 2. The zero-order chi connectivity index (χ0) is 29.0. The van der Waals surface area contributed by atoms with Crippen molar-refractivity contribution in [1.82, 2.24) is 4.90 Å². The van der Waals surface area contributed by atoms with Crippen LogP contribution in [0.4, 0.5) is 15.5 Å². The fourth-order valence-corrected chi connectivity index (χ4v) is 10.1. The minimum atomic E-state index is -3.52. The molecule has 0 unspecified atom stereocenters. The first kappa shape index (κ1) is 29.1. The van der Waals surface area contributed by atoms with Crippen molar-refractivity contribution in [3.05, 3.63) is 67.3 Å². The number of anilines is 1. The summed E-state index contributed by atoms with van der Waals surface area (Å²) >= 11 is 2.20. The van der Waals surface area contributed by atoms with Crippen LogP contribution in [0.3, 0.4) is 0 Å².